The van der Waals surface area contributed by atoms with Crippen LogP contribution in [0.15, 0.2) is 18.2 Å². The zero-order chi connectivity index (χ0) is 12.5. The molecule has 4 heteroatoms. The summed E-state index contributed by atoms with van der Waals surface area (Å²) < 4.78 is 5.11. The molecule has 0 bridgehead atoms. The Balaban J connectivity index is 2.10. The first-order valence-corrected chi connectivity index (χ1v) is 6.20. The molecule has 1 N–H and O–H groups in total. The third-order valence-corrected chi connectivity index (χ3v) is 3.67. The third kappa shape index (κ3) is 2.73. The summed E-state index contributed by atoms with van der Waals surface area (Å²) in [4.78, 5) is 2.19. The van der Waals surface area contributed by atoms with Crippen LogP contribution in [0.2, 0.25) is 5.02 Å². The van der Waals surface area contributed by atoms with E-state index in [1.165, 1.54) is 0 Å². The number of anilines is 1. The van der Waals surface area contributed by atoms with Crippen LogP contribution in [-0.4, -0.2) is 31.1 Å². The highest BCUT2D eigenvalue weighted by Gasteiger charge is 2.32. The lowest BCUT2D eigenvalue weighted by atomic mass is 10.0. The van der Waals surface area contributed by atoms with E-state index in [1.807, 2.05) is 19.1 Å². The van der Waals surface area contributed by atoms with Gasteiger partial charge in [-0.1, -0.05) is 17.7 Å². The Hall–Kier alpha value is -0.770. The Morgan fingerprint density at radius 3 is 2.53 bits per heavy atom. The van der Waals surface area contributed by atoms with Gasteiger partial charge in [-0.15, -0.1) is 0 Å². The first-order valence-electron chi connectivity index (χ1n) is 5.83. The van der Waals surface area contributed by atoms with Gasteiger partial charge in [0.25, 0.3) is 0 Å². The minimum absolute atomic E-state index is 0.605. The van der Waals surface area contributed by atoms with Crippen LogP contribution >= 0.6 is 11.6 Å². The maximum Gasteiger partial charge on any atom is 0.168 e. The van der Waals surface area contributed by atoms with Gasteiger partial charge in [-0.05, 0) is 24.6 Å². The number of methoxy groups -OCH3 is 1. The van der Waals surface area contributed by atoms with E-state index in [2.05, 4.69) is 11.0 Å². The van der Waals surface area contributed by atoms with Gasteiger partial charge in [-0.2, -0.15) is 0 Å². The molecule has 1 aromatic rings. The number of benzene rings is 1. The van der Waals surface area contributed by atoms with Gasteiger partial charge in [0.2, 0.25) is 0 Å². The number of rotatable bonds is 2. The molecule has 1 heterocycles. The van der Waals surface area contributed by atoms with Crippen molar-refractivity contribution in [3.05, 3.63) is 28.8 Å². The molecule has 3 nitrogen and oxygen atoms in total. The lowest BCUT2D eigenvalue weighted by molar-refractivity contribution is -0.196. The van der Waals surface area contributed by atoms with Crippen LogP contribution < -0.4 is 4.90 Å². The Morgan fingerprint density at radius 1 is 1.35 bits per heavy atom. The standard InChI is InChI=1S/C13H18ClNO2/c1-10-3-4-12(11(14)9-10)15-7-5-13(16,17-2)6-8-15/h3-4,9,16H,5-8H2,1-2H3. The van der Waals surface area contributed by atoms with E-state index in [-0.39, 0.29) is 0 Å². The molecule has 1 saturated heterocycles. The van der Waals surface area contributed by atoms with Gasteiger partial charge in [0.05, 0.1) is 10.7 Å². The van der Waals surface area contributed by atoms with Crippen LogP contribution in [0.1, 0.15) is 18.4 Å². The maximum absolute atomic E-state index is 9.98. The molecular formula is C13H18ClNO2. The number of hydrogen-bond donors (Lipinski definition) is 1. The van der Waals surface area contributed by atoms with Crippen LogP contribution in [-0.2, 0) is 4.74 Å². The number of hydrogen-bond acceptors (Lipinski definition) is 3. The molecule has 0 radical (unpaired) electrons. The van der Waals surface area contributed by atoms with Crippen molar-refractivity contribution in [1.82, 2.24) is 0 Å². The van der Waals surface area contributed by atoms with E-state index in [1.54, 1.807) is 7.11 Å². The molecule has 1 aliphatic rings. The van der Waals surface area contributed by atoms with E-state index in [9.17, 15) is 5.11 Å². The van der Waals surface area contributed by atoms with E-state index >= 15 is 0 Å². The molecule has 0 spiro atoms. The van der Waals surface area contributed by atoms with E-state index < -0.39 is 5.79 Å². The van der Waals surface area contributed by atoms with Crippen LogP contribution in [0.4, 0.5) is 5.69 Å². The molecule has 0 amide bonds. The number of piperidine rings is 1. The zero-order valence-electron chi connectivity index (χ0n) is 10.2. The van der Waals surface area contributed by atoms with Crippen molar-refractivity contribution in [3.63, 3.8) is 0 Å². The van der Waals surface area contributed by atoms with Gasteiger partial charge in [0, 0.05) is 33.0 Å². The summed E-state index contributed by atoms with van der Waals surface area (Å²) in [6, 6.07) is 6.06. The van der Waals surface area contributed by atoms with Crippen molar-refractivity contribution < 1.29 is 9.84 Å². The third-order valence-electron chi connectivity index (χ3n) is 3.37. The summed E-state index contributed by atoms with van der Waals surface area (Å²) >= 11 is 6.23. The SMILES string of the molecule is COC1(O)CCN(c2ccc(C)cc2Cl)CC1. The summed E-state index contributed by atoms with van der Waals surface area (Å²) in [5, 5.41) is 10.7. The van der Waals surface area contributed by atoms with E-state index in [4.69, 9.17) is 16.3 Å². The molecule has 1 aliphatic heterocycles. The molecule has 0 aliphatic carbocycles. The fraction of sp³-hybridized carbons (Fsp3) is 0.538. The molecule has 1 fully saturated rings. The topological polar surface area (TPSA) is 32.7 Å². The second-order valence-electron chi connectivity index (χ2n) is 4.59. The predicted octanol–water partition coefficient (Wildman–Crippen LogP) is 2.58. The first-order chi connectivity index (χ1) is 8.04. The fourth-order valence-electron chi connectivity index (χ4n) is 2.17. The fourth-order valence-corrected chi connectivity index (χ4v) is 2.52. The largest absolute Gasteiger partial charge is 0.370 e. The summed E-state index contributed by atoms with van der Waals surface area (Å²) in [5.74, 6) is -0.965. The first kappa shape index (κ1) is 12.7. The predicted molar refractivity (Wildman–Crippen MR) is 69.6 cm³/mol. The summed E-state index contributed by atoms with van der Waals surface area (Å²) in [6.45, 7) is 3.54. The van der Waals surface area contributed by atoms with Crippen molar-refractivity contribution in [3.8, 4) is 0 Å². The Kier molecular flexibility index (Phi) is 3.61. The van der Waals surface area contributed by atoms with E-state index in [0.717, 1.165) is 29.4 Å². The monoisotopic (exact) mass is 255 g/mol. The average Bonchev–Trinajstić information content (AvgIpc) is 2.31. The molecule has 0 aromatic heterocycles. The Bertz CT molecular complexity index is 400. The normalized spacial score (nSPS) is 19.4. The van der Waals surface area contributed by atoms with Crippen LogP contribution in [0.3, 0.4) is 0 Å². The molecule has 0 unspecified atom stereocenters. The average molecular weight is 256 g/mol. The van der Waals surface area contributed by atoms with Gasteiger partial charge in [0.15, 0.2) is 5.79 Å². The molecule has 94 valence electrons. The van der Waals surface area contributed by atoms with Crippen LogP contribution in [0, 0.1) is 6.92 Å². The molecule has 0 saturated carbocycles. The molecule has 1 aromatic carbocycles. The van der Waals surface area contributed by atoms with Crippen LogP contribution in [0.5, 0.6) is 0 Å². The number of nitrogens with zero attached hydrogens (tertiary/aromatic N) is 1. The summed E-state index contributed by atoms with van der Waals surface area (Å²) in [7, 11) is 1.55. The maximum atomic E-state index is 9.98. The van der Waals surface area contributed by atoms with Gasteiger partial charge in [0.1, 0.15) is 0 Å². The highest BCUT2D eigenvalue weighted by atomic mass is 35.5. The van der Waals surface area contributed by atoms with Crippen molar-refractivity contribution in [1.29, 1.82) is 0 Å². The Labute approximate surface area is 107 Å². The minimum atomic E-state index is -0.965. The number of halogens is 1. The summed E-state index contributed by atoms with van der Waals surface area (Å²) in [5.41, 5.74) is 2.19. The smallest absolute Gasteiger partial charge is 0.168 e. The van der Waals surface area contributed by atoms with Gasteiger partial charge < -0.3 is 14.7 Å². The Morgan fingerprint density at radius 2 is 2.00 bits per heavy atom. The zero-order valence-corrected chi connectivity index (χ0v) is 11.0. The molecular weight excluding hydrogens is 238 g/mol. The lowest BCUT2D eigenvalue weighted by Gasteiger charge is -2.38. The van der Waals surface area contributed by atoms with Gasteiger partial charge in [-0.25, -0.2) is 0 Å². The number of ether oxygens (including phenoxy) is 1. The van der Waals surface area contributed by atoms with Crippen molar-refractivity contribution >= 4 is 17.3 Å². The molecule has 0 atom stereocenters. The highest BCUT2D eigenvalue weighted by molar-refractivity contribution is 6.33. The van der Waals surface area contributed by atoms with Crippen molar-refractivity contribution in [2.45, 2.75) is 25.6 Å². The highest BCUT2D eigenvalue weighted by Crippen LogP contribution is 2.31. The number of aliphatic hydroxyl groups is 1. The van der Waals surface area contributed by atoms with Crippen molar-refractivity contribution in [2.75, 3.05) is 25.1 Å². The number of aryl methyl sites for hydroxylation is 1. The summed E-state index contributed by atoms with van der Waals surface area (Å²) in [6.07, 6.45) is 1.21. The molecule has 17 heavy (non-hydrogen) atoms. The quantitative estimate of drug-likeness (QED) is 0.825. The second kappa shape index (κ2) is 4.84. The van der Waals surface area contributed by atoms with Gasteiger partial charge >= 0.3 is 0 Å². The van der Waals surface area contributed by atoms with Gasteiger partial charge in [-0.3, -0.25) is 0 Å². The minimum Gasteiger partial charge on any atom is -0.370 e. The van der Waals surface area contributed by atoms with E-state index in [0.29, 0.717) is 12.8 Å². The molecule has 2 rings (SSSR count). The van der Waals surface area contributed by atoms with Crippen LogP contribution in [0.25, 0.3) is 0 Å². The lowest BCUT2D eigenvalue weighted by Crippen LogP contribution is -2.45. The second-order valence-corrected chi connectivity index (χ2v) is 5.00. The van der Waals surface area contributed by atoms with Crippen molar-refractivity contribution in [2.24, 2.45) is 0 Å².